The van der Waals surface area contributed by atoms with E-state index in [0.29, 0.717) is 34.4 Å². The standard InChI is InChI=1S/C21H22N6O3/c1-12-5-7-14(8-6-12)19-18(13(2)22-21-24-25-26-27(19)21)20(28)23-16-11-15(29-3)9-10-17(16)30-4/h5-11,19H,1-4H3,(H,23,28)(H,22,24,26)/t19-/m0/s1. The number of carbonyl (C=O) groups excluding carboxylic acids is 1. The highest BCUT2D eigenvalue weighted by atomic mass is 16.5. The highest BCUT2D eigenvalue weighted by molar-refractivity contribution is 6.06. The van der Waals surface area contributed by atoms with E-state index in [4.69, 9.17) is 9.47 Å². The van der Waals surface area contributed by atoms with Gasteiger partial charge in [0.2, 0.25) is 5.95 Å². The Morgan fingerprint density at radius 3 is 2.57 bits per heavy atom. The molecule has 9 nitrogen and oxygen atoms in total. The third-order valence-corrected chi connectivity index (χ3v) is 5.01. The normalized spacial score (nSPS) is 15.3. The van der Waals surface area contributed by atoms with Gasteiger partial charge in [0, 0.05) is 11.8 Å². The van der Waals surface area contributed by atoms with Crippen molar-refractivity contribution in [2.75, 3.05) is 24.9 Å². The van der Waals surface area contributed by atoms with Crippen LogP contribution in [0.4, 0.5) is 11.6 Å². The van der Waals surface area contributed by atoms with Gasteiger partial charge >= 0.3 is 0 Å². The van der Waals surface area contributed by atoms with Crippen molar-refractivity contribution in [1.82, 2.24) is 20.2 Å². The largest absolute Gasteiger partial charge is 0.497 e. The zero-order valence-electron chi connectivity index (χ0n) is 17.1. The Kier molecular flexibility index (Phi) is 5.09. The summed E-state index contributed by atoms with van der Waals surface area (Å²) in [4.78, 5) is 13.4. The van der Waals surface area contributed by atoms with E-state index in [1.165, 1.54) is 0 Å². The first-order chi connectivity index (χ1) is 14.5. The number of aromatic nitrogens is 4. The Bertz CT molecular complexity index is 1120. The maximum Gasteiger partial charge on any atom is 0.255 e. The van der Waals surface area contributed by atoms with Crippen molar-refractivity contribution in [3.8, 4) is 11.5 Å². The summed E-state index contributed by atoms with van der Waals surface area (Å²) in [7, 11) is 3.12. The lowest BCUT2D eigenvalue weighted by Crippen LogP contribution is -2.31. The van der Waals surface area contributed by atoms with Crippen LogP contribution in [0.2, 0.25) is 0 Å². The van der Waals surface area contributed by atoms with E-state index in [-0.39, 0.29) is 5.91 Å². The van der Waals surface area contributed by atoms with Crippen molar-refractivity contribution in [3.63, 3.8) is 0 Å². The number of hydrogen-bond acceptors (Lipinski definition) is 7. The quantitative estimate of drug-likeness (QED) is 0.671. The summed E-state index contributed by atoms with van der Waals surface area (Å²) in [5.41, 5.74) is 3.70. The van der Waals surface area contributed by atoms with Gasteiger partial charge in [0.15, 0.2) is 0 Å². The second-order valence-electron chi connectivity index (χ2n) is 6.94. The number of nitrogens with one attached hydrogen (secondary N) is 2. The minimum atomic E-state index is -0.478. The van der Waals surface area contributed by atoms with Gasteiger partial charge < -0.3 is 20.1 Å². The maximum atomic E-state index is 13.4. The van der Waals surface area contributed by atoms with Crippen LogP contribution < -0.4 is 20.1 Å². The number of anilines is 2. The summed E-state index contributed by atoms with van der Waals surface area (Å²) in [5, 5.41) is 17.9. The fourth-order valence-corrected chi connectivity index (χ4v) is 3.46. The third kappa shape index (κ3) is 3.45. The predicted molar refractivity (Wildman–Crippen MR) is 112 cm³/mol. The van der Waals surface area contributed by atoms with Gasteiger partial charge in [0.1, 0.15) is 17.5 Å². The molecule has 30 heavy (non-hydrogen) atoms. The Morgan fingerprint density at radius 1 is 1.10 bits per heavy atom. The Labute approximate surface area is 173 Å². The number of allylic oxidation sites excluding steroid dienone is 1. The maximum absolute atomic E-state index is 13.4. The molecule has 0 unspecified atom stereocenters. The topological polar surface area (TPSA) is 103 Å². The second kappa shape index (κ2) is 7.86. The molecule has 1 atom stereocenters. The number of tetrazole rings is 1. The first-order valence-corrected chi connectivity index (χ1v) is 9.37. The molecule has 1 amide bonds. The van der Waals surface area contributed by atoms with Crippen LogP contribution in [0.25, 0.3) is 0 Å². The number of hydrogen-bond donors (Lipinski definition) is 2. The number of benzene rings is 2. The van der Waals surface area contributed by atoms with E-state index in [1.807, 2.05) is 38.1 Å². The molecule has 0 bridgehead atoms. The summed E-state index contributed by atoms with van der Waals surface area (Å²) in [5.74, 6) is 1.32. The van der Waals surface area contributed by atoms with Gasteiger partial charge in [-0.1, -0.05) is 34.9 Å². The lowest BCUT2D eigenvalue weighted by Gasteiger charge is -2.28. The summed E-state index contributed by atoms with van der Waals surface area (Å²) in [6.07, 6.45) is 0. The molecule has 2 N–H and O–H groups in total. The number of nitrogens with zero attached hydrogens (tertiary/aromatic N) is 4. The highest BCUT2D eigenvalue weighted by Crippen LogP contribution is 2.36. The lowest BCUT2D eigenvalue weighted by atomic mass is 9.94. The Hall–Kier alpha value is -3.88. The van der Waals surface area contributed by atoms with E-state index in [9.17, 15) is 4.79 Å². The van der Waals surface area contributed by atoms with Crippen LogP contribution in [0.15, 0.2) is 53.7 Å². The first-order valence-electron chi connectivity index (χ1n) is 9.37. The summed E-state index contributed by atoms with van der Waals surface area (Å²) in [6.45, 7) is 3.84. The summed E-state index contributed by atoms with van der Waals surface area (Å²) < 4.78 is 12.3. The minimum absolute atomic E-state index is 0.293. The predicted octanol–water partition coefficient (Wildman–Crippen LogP) is 2.93. The average molecular weight is 406 g/mol. The van der Waals surface area contributed by atoms with E-state index in [1.54, 1.807) is 37.1 Å². The van der Waals surface area contributed by atoms with Crippen molar-refractivity contribution >= 4 is 17.5 Å². The smallest absolute Gasteiger partial charge is 0.255 e. The average Bonchev–Trinajstić information content (AvgIpc) is 3.21. The minimum Gasteiger partial charge on any atom is -0.497 e. The van der Waals surface area contributed by atoms with Crippen LogP contribution in [0.3, 0.4) is 0 Å². The van der Waals surface area contributed by atoms with Gasteiger partial charge in [0.05, 0.1) is 25.5 Å². The molecule has 2 heterocycles. The number of amides is 1. The monoisotopic (exact) mass is 406 g/mol. The molecule has 0 saturated heterocycles. The van der Waals surface area contributed by atoms with Gasteiger partial charge in [-0.05, 0) is 42.0 Å². The second-order valence-corrected chi connectivity index (χ2v) is 6.94. The highest BCUT2D eigenvalue weighted by Gasteiger charge is 2.34. The van der Waals surface area contributed by atoms with Crippen molar-refractivity contribution in [3.05, 3.63) is 64.9 Å². The molecule has 0 fully saturated rings. The number of rotatable bonds is 5. The molecule has 154 valence electrons. The van der Waals surface area contributed by atoms with Crippen LogP contribution in [-0.2, 0) is 4.79 Å². The van der Waals surface area contributed by atoms with Crippen LogP contribution in [0, 0.1) is 6.92 Å². The fourth-order valence-electron chi connectivity index (χ4n) is 3.46. The summed E-state index contributed by atoms with van der Waals surface area (Å²) >= 11 is 0. The van der Waals surface area contributed by atoms with E-state index in [2.05, 4.69) is 26.2 Å². The molecular formula is C21H22N6O3. The number of carbonyl (C=O) groups is 1. The number of fused-ring (bicyclic) bond motifs is 1. The van der Waals surface area contributed by atoms with E-state index >= 15 is 0 Å². The molecule has 1 aliphatic rings. The molecule has 0 saturated carbocycles. The number of methoxy groups -OCH3 is 2. The molecule has 3 aromatic rings. The molecule has 1 aromatic heterocycles. The third-order valence-electron chi connectivity index (χ3n) is 5.01. The molecule has 4 rings (SSSR count). The van der Waals surface area contributed by atoms with Crippen LogP contribution in [-0.4, -0.2) is 40.3 Å². The molecule has 0 spiro atoms. The van der Waals surface area contributed by atoms with Crippen molar-refractivity contribution in [1.29, 1.82) is 0 Å². The summed E-state index contributed by atoms with van der Waals surface area (Å²) in [6, 6.07) is 12.7. The van der Waals surface area contributed by atoms with Crippen molar-refractivity contribution in [2.24, 2.45) is 0 Å². The molecule has 0 radical (unpaired) electrons. The van der Waals surface area contributed by atoms with Crippen molar-refractivity contribution in [2.45, 2.75) is 19.9 Å². The van der Waals surface area contributed by atoms with Crippen molar-refractivity contribution < 1.29 is 14.3 Å². The SMILES string of the molecule is COc1ccc(OC)c(NC(=O)C2=C(C)Nc3nnnn3[C@H]2c2ccc(C)cc2)c1. The Morgan fingerprint density at radius 2 is 1.87 bits per heavy atom. The molecule has 0 aliphatic carbocycles. The lowest BCUT2D eigenvalue weighted by molar-refractivity contribution is -0.113. The Balaban J connectivity index is 1.75. The molecule has 2 aromatic carbocycles. The van der Waals surface area contributed by atoms with Gasteiger partial charge in [-0.2, -0.15) is 4.68 Å². The number of aryl methyl sites for hydroxylation is 1. The van der Waals surface area contributed by atoms with Crippen LogP contribution in [0.5, 0.6) is 11.5 Å². The molecule has 9 heteroatoms. The van der Waals surface area contributed by atoms with Crippen LogP contribution in [0.1, 0.15) is 24.1 Å². The fraction of sp³-hybridized carbons (Fsp3) is 0.238. The van der Waals surface area contributed by atoms with Gasteiger partial charge in [0.25, 0.3) is 5.91 Å². The van der Waals surface area contributed by atoms with E-state index < -0.39 is 6.04 Å². The molecule has 1 aliphatic heterocycles. The van der Waals surface area contributed by atoms with Gasteiger partial charge in [-0.25, -0.2) is 0 Å². The zero-order chi connectivity index (χ0) is 21.3. The zero-order valence-corrected chi connectivity index (χ0v) is 17.1. The molecular weight excluding hydrogens is 384 g/mol. The van der Waals surface area contributed by atoms with Gasteiger partial charge in [-0.15, -0.1) is 0 Å². The van der Waals surface area contributed by atoms with Crippen LogP contribution >= 0.6 is 0 Å². The van der Waals surface area contributed by atoms with Gasteiger partial charge in [-0.3, -0.25) is 4.79 Å². The number of ether oxygens (including phenoxy) is 2. The van der Waals surface area contributed by atoms with E-state index in [0.717, 1.165) is 11.1 Å². The first kappa shape index (κ1) is 19.4.